The second-order valence-electron chi connectivity index (χ2n) is 7.03. The van der Waals surface area contributed by atoms with E-state index in [1.165, 1.54) is 4.31 Å². The molecule has 0 aliphatic heterocycles. The van der Waals surface area contributed by atoms with Crippen molar-refractivity contribution in [3.8, 4) is 5.69 Å². The van der Waals surface area contributed by atoms with Crippen molar-refractivity contribution >= 4 is 26.0 Å². The van der Waals surface area contributed by atoms with E-state index in [-0.39, 0.29) is 6.04 Å². The third-order valence-electron chi connectivity index (χ3n) is 5.06. The number of nitrogens with one attached hydrogen (secondary N) is 1. The minimum Gasteiger partial charge on any atom is -0.306 e. The molecule has 1 N–H and O–H groups in total. The molecule has 1 heterocycles. The van der Waals surface area contributed by atoms with E-state index in [1.807, 2.05) is 67.3 Å². The number of sulfonamides is 1. The smallest absolute Gasteiger partial charge is 0.243 e. The van der Waals surface area contributed by atoms with E-state index in [2.05, 4.69) is 33.3 Å². The molecule has 0 fully saturated rings. The van der Waals surface area contributed by atoms with Gasteiger partial charge in [-0.15, -0.1) is 0 Å². The Balaban J connectivity index is 1.63. The third kappa shape index (κ3) is 5.18. The zero-order valence-electron chi connectivity index (χ0n) is 17.4. The third-order valence-corrected chi connectivity index (χ3v) is 7.66. The van der Waals surface area contributed by atoms with Crippen molar-refractivity contribution in [2.24, 2.45) is 0 Å². The van der Waals surface area contributed by atoms with E-state index in [0.29, 0.717) is 24.5 Å². The summed E-state index contributed by atoms with van der Waals surface area (Å²) >= 11 is 3.44. The Morgan fingerprint density at radius 1 is 1.07 bits per heavy atom. The fraction of sp³-hybridized carbons (Fsp3) is 0.318. The zero-order chi connectivity index (χ0) is 21.7. The largest absolute Gasteiger partial charge is 0.306 e. The van der Waals surface area contributed by atoms with Gasteiger partial charge in [-0.3, -0.25) is 0 Å². The first-order valence-corrected chi connectivity index (χ1v) is 12.2. The molecule has 0 saturated heterocycles. The van der Waals surface area contributed by atoms with Crippen LogP contribution in [0.15, 0.2) is 70.3 Å². The lowest BCUT2D eigenvalue weighted by Gasteiger charge is -2.19. The molecule has 30 heavy (non-hydrogen) atoms. The van der Waals surface area contributed by atoms with Gasteiger partial charge < -0.3 is 5.32 Å². The summed E-state index contributed by atoms with van der Waals surface area (Å²) < 4.78 is 29.6. The Kier molecular flexibility index (Phi) is 7.46. The van der Waals surface area contributed by atoms with Crippen molar-refractivity contribution in [3.05, 3.63) is 76.5 Å². The van der Waals surface area contributed by atoms with Crippen LogP contribution in [0.1, 0.15) is 37.9 Å². The molecular formula is C22H27BrN4O2S. The van der Waals surface area contributed by atoms with Crippen LogP contribution in [0.2, 0.25) is 0 Å². The Morgan fingerprint density at radius 2 is 1.70 bits per heavy atom. The van der Waals surface area contributed by atoms with E-state index in [4.69, 9.17) is 0 Å². The molecule has 3 rings (SSSR count). The van der Waals surface area contributed by atoms with Gasteiger partial charge in [-0.25, -0.2) is 13.1 Å². The molecule has 3 aromatic rings. The second-order valence-corrected chi connectivity index (χ2v) is 9.88. The van der Waals surface area contributed by atoms with Crippen LogP contribution >= 0.6 is 15.9 Å². The number of halogens is 1. The molecule has 1 unspecified atom stereocenters. The van der Waals surface area contributed by atoms with Crippen molar-refractivity contribution in [1.29, 1.82) is 0 Å². The molecule has 0 spiro atoms. The molecule has 8 heteroatoms. The SMILES string of the molecule is CCN(CC)S(=O)(=O)c1ccc(C(C)NCc2cnn(-c3ccc(Br)cc3)c2)cc1. The molecule has 0 radical (unpaired) electrons. The maximum atomic E-state index is 12.6. The standard InChI is InChI=1S/C22H27BrN4O2S/c1-4-26(5-2)30(28,29)22-12-6-19(7-13-22)17(3)24-14-18-15-25-27(16-18)21-10-8-20(23)9-11-21/h6-13,15-17,24H,4-5,14H2,1-3H3. The summed E-state index contributed by atoms with van der Waals surface area (Å²) in [4.78, 5) is 0.331. The zero-order valence-corrected chi connectivity index (χ0v) is 19.8. The van der Waals surface area contributed by atoms with Crippen LogP contribution in [-0.2, 0) is 16.6 Å². The first-order valence-electron chi connectivity index (χ1n) is 9.98. The van der Waals surface area contributed by atoms with Crippen LogP contribution < -0.4 is 5.32 Å². The number of nitrogens with zero attached hydrogens (tertiary/aromatic N) is 3. The molecule has 0 aliphatic rings. The highest BCUT2D eigenvalue weighted by Gasteiger charge is 2.21. The van der Waals surface area contributed by atoms with E-state index in [9.17, 15) is 8.42 Å². The predicted octanol–water partition coefficient (Wildman–Crippen LogP) is 4.52. The lowest BCUT2D eigenvalue weighted by atomic mass is 10.1. The second kappa shape index (κ2) is 9.87. The Hall–Kier alpha value is -2.00. The first kappa shape index (κ1) is 22.7. The molecule has 0 saturated carbocycles. The predicted molar refractivity (Wildman–Crippen MR) is 123 cm³/mol. The van der Waals surface area contributed by atoms with Gasteiger partial charge >= 0.3 is 0 Å². The summed E-state index contributed by atoms with van der Waals surface area (Å²) in [5.74, 6) is 0. The van der Waals surface area contributed by atoms with Gasteiger partial charge in [-0.2, -0.15) is 9.40 Å². The average molecular weight is 491 g/mol. The number of rotatable bonds is 9. The maximum Gasteiger partial charge on any atom is 0.243 e. The van der Waals surface area contributed by atoms with Gasteiger partial charge in [0.25, 0.3) is 0 Å². The van der Waals surface area contributed by atoms with Crippen molar-refractivity contribution in [2.75, 3.05) is 13.1 Å². The Bertz CT molecular complexity index is 1060. The fourth-order valence-corrected chi connectivity index (χ4v) is 4.94. The number of benzene rings is 2. The fourth-order valence-electron chi connectivity index (χ4n) is 3.22. The van der Waals surface area contributed by atoms with Crippen molar-refractivity contribution in [1.82, 2.24) is 19.4 Å². The highest BCUT2D eigenvalue weighted by atomic mass is 79.9. The molecule has 160 valence electrons. The van der Waals surface area contributed by atoms with Gasteiger partial charge in [0.05, 0.1) is 16.8 Å². The summed E-state index contributed by atoms with van der Waals surface area (Å²) in [6, 6.07) is 15.2. The van der Waals surface area contributed by atoms with E-state index in [1.54, 1.807) is 12.1 Å². The molecule has 0 bridgehead atoms. The van der Waals surface area contributed by atoms with Gasteiger partial charge in [0, 0.05) is 41.9 Å². The first-order chi connectivity index (χ1) is 14.3. The molecule has 1 aromatic heterocycles. The summed E-state index contributed by atoms with van der Waals surface area (Å²) in [7, 11) is -3.43. The monoisotopic (exact) mass is 490 g/mol. The summed E-state index contributed by atoms with van der Waals surface area (Å²) in [5.41, 5.74) is 3.11. The van der Waals surface area contributed by atoms with Crippen LogP contribution in [0, 0.1) is 0 Å². The van der Waals surface area contributed by atoms with Gasteiger partial charge in [0.15, 0.2) is 0 Å². The minimum atomic E-state index is -3.43. The van der Waals surface area contributed by atoms with E-state index in [0.717, 1.165) is 21.3 Å². The van der Waals surface area contributed by atoms with Crippen molar-refractivity contribution < 1.29 is 8.42 Å². The summed E-state index contributed by atoms with van der Waals surface area (Å²) in [6.07, 6.45) is 3.85. The molecule has 0 aliphatic carbocycles. The van der Waals surface area contributed by atoms with Crippen LogP contribution in [0.5, 0.6) is 0 Å². The van der Waals surface area contributed by atoms with Crippen LogP contribution in [0.4, 0.5) is 0 Å². The highest BCUT2D eigenvalue weighted by Crippen LogP contribution is 2.20. The van der Waals surface area contributed by atoms with Crippen molar-refractivity contribution in [2.45, 2.75) is 38.3 Å². The van der Waals surface area contributed by atoms with Gasteiger partial charge in [-0.05, 0) is 48.9 Å². The number of hydrogen-bond donors (Lipinski definition) is 1. The Labute approximate surface area is 187 Å². The van der Waals surface area contributed by atoms with E-state index >= 15 is 0 Å². The quantitative estimate of drug-likeness (QED) is 0.478. The normalized spacial score (nSPS) is 13.0. The Morgan fingerprint density at radius 3 is 2.30 bits per heavy atom. The highest BCUT2D eigenvalue weighted by molar-refractivity contribution is 9.10. The molecule has 2 aromatic carbocycles. The number of hydrogen-bond acceptors (Lipinski definition) is 4. The maximum absolute atomic E-state index is 12.6. The van der Waals surface area contributed by atoms with Gasteiger partial charge in [0.2, 0.25) is 10.0 Å². The van der Waals surface area contributed by atoms with Gasteiger partial charge in [0.1, 0.15) is 0 Å². The van der Waals surface area contributed by atoms with Crippen molar-refractivity contribution in [3.63, 3.8) is 0 Å². The van der Waals surface area contributed by atoms with Crippen LogP contribution in [-0.4, -0.2) is 35.6 Å². The lowest BCUT2D eigenvalue weighted by Crippen LogP contribution is -2.30. The average Bonchev–Trinajstić information content (AvgIpc) is 3.22. The summed E-state index contributed by atoms with van der Waals surface area (Å²) in [5, 5.41) is 7.90. The molecule has 0 amide bonds. The number of aromatic nitrogens is 2. The molecular weight excluding hydrogens is 464 g/mol. The topological polar surface area (TPSA) is 67.2 Å². The van der Waals surface area contributed by atoms with Crippen LogP contribution in [0.25, 0.3) is 5.69 Å². The van der Waals surface area contributed by atoms with Crippen LogP contribution in [0.3, 0.4) is 0 Å². The molecule has 1 atom stereocenters. The summed E-state index contributed by atoms with van der Waals surface area (Å²) in [6.45, 7) is 7.35. The minimum absolute atomic E-state index is 0.0752. The van der Waals surface area contributed by atoms with E-state index < -0.39 is 10.0 Å². The van der Waals surface area contributed by atoms with Gasteiger partial charge in [-0.1, -0.05) is 41.9 Å². The lowest BCUT2D eigenvalue weighted by molar-refractivity contribution is 0.445. The molecule has 6 nitrogen and oxygen atoms in total.